The summed E-state index contributed by atoms with van der Waals surface area (Å²) in [6.07, 6.45) is 3.60. The van der Waals surface area contributed by atoms with Gasteiger partial charge in [-0.2, -0.15) is 5.10 Å². The van der Waals surface area contributed by atoms with Crippen LogP contribution in [0.2, 0.25) is 0 Å². The summed E-state index contributed by atoms with van der Waals surface area (Å²) in [5.74, 6) is 0.871. The molecule has 0 radical (unpaired) electrons. The molecule has 110 valence electrons. The quantitative estimate of drug-likeness (QED) is 0.596. The largest absolute Gasteiger partial charge is 0.494 e. The Bertz CT molecular complexity index is 680. The third-order valence-corrected chi connectivity index (χ3v) is 3.69. The summed E-state index contributed by atoms with van der Waals surface area (Å²) in [6, 6.07) is 7.85. The smallest absolute Gasteiger partial charge is 0.206 e. The van der Waals surface area contributed by atoms with E-state index in [1.54, 1.807) is 17.4 Å². The predicted molar refractivity (Wildman–Crippen MR) is 88.3 cm³/mol. The van der Waals surface area contributed by atoms with Gasteiger partial charge < -0.3 is 4.74 Å². The second-order valence-corrected chi connectivity index (χ2v) is 5.18. The van der Waals surface area contributed by atoms with Crippen molar-refractivity contribution >= 4 is 17.6 Å². The summed E-state index contributed by atoms with van der Waals surface area (Å²) in [6.45, 7) is 8.93. The van der Waals surface area contributed by atoms with Crippen LogP contribution in [0, 0.1) is 6.92 Å². The maximum atomic E-state index is 5.42. The summed E-state index contributed by atoms with van der Waals surface area (Å²) in [5, 5.41) is 6.54. The minimum atomic E-state index is 0.596. The molecule has 2 aromatic rings. The van der Waals surface area contributed by atoms with E-state index in [1.165, 1.54) is 0 Å². The second kappa shape index (κ2) is 7.59. The number of hydrogen-bond acceptors (Lipinski definition) is 4. The van der Waals surface area contributed by atoms with Crippen LogP contribution in [-0.4, -0.2) is 24.0 Å². The van der Waals surface area contributed by atoms with Crippen LogP contribution in [0.3, 0.4) is 0 Å². The molecule has 1 aromatic heterocycles. The Morgan fingerprint density at radius 2 is 2.10 bits per heavy atom. The molecule has 2 rings (SSSR count). The molecule has 0 aliphatic heterocycles. The number of thiazole rings is 1. The highest BCUT2D eigenvalue weighted by Crippen LogP contribution is 2.11. The van der Waals surface area contributed by atoms with Crippen LogP contribution >= 0.6 is 11.3 Å². The molecule has 0 N–H and O–H groups in total. The van der Waals surface area contributed by atoms with Gasteiger partial charge in [0.25, 0.3) is 0 Å². The Morgan fingerprint density at radius 3 is 2.76 bits per heavy atom. The second-order valence-electron chi connectivity index (χ2n) is 4.35. The van der Waals surface area contributed by atoms with Crippen LogP contribution in [-0.2, 0) is 0 Å². The van der Waals surface area contributed by atoms with E-state index < -0.39 is 0 Å². The number of nitrogens with zero attached hydrogens (tertiary/aromatic N) is 3. The highest BCUT2D eigenvalue weighted by molar-refractivity contribution is 7.07. The van der Waals surface area contributed by atoms with Gasteiger partial charge in [0, 0.05) is 5.38 Å². The van der Waals surface area contributed by atoms with Crippen molar-refractivity contribution in [2.24, 2.45) is 10.1 Å². The Balaban J connectivity index is 2.21. The van der Waals surface area contributed by atoms with Crippen LogP contribution in [0.4, 0.5) is 0 Å². The molecule has 0 spiro atoms. The molecule has 1 aromatic carbocycles. The van der Waals surface area contributed by atoms with Gasteiger partial charge in [-0.05, 0) is 43.7 Å². The van der Waals surface area contributed by atoms with Crippen molar-refractivity contribution in [1.29, 1.82) is 0 Å². The third kappa shape index (κ3) is 4.16. The monoisotopic (exact) mass is 301 g/mol. The van der Waals surface area contributed by atoms with Gasteiger partial charge in [0.1, 0.15) is 5.75 Å². The number of rotatable bonds is 6. The zero-order valence-electron chi connectivity index (χ0n) is 12.3. The number of aromatic nitrogens is 1. The van der Waals surface area contributed by atoms with E-state index in [0.717, 1.165) is 21.8 Å². The van der Waals surface area contributed by atoms with Crippen molar-refractivity contribution in [2.45, 2.75) is 13.8 Å². The van der Waals surface area contributed by atoms with Gasteiger partial charge in [0.2, 0.25) is 4.80 Å². The van der Waals surface area contributed by atoms with E-state index in [9.17, 15) is 0 Å². The van der Waals surface area contributed by atoms with E-state index in [0.29, 0.717) is 13.2 Å². The van der Waals surface area contributed by atoms with Crippen molar-refractivity contribution in [3.05, 3.63) is 58.4 Å². The fraction of sp³-hybridized carbons (Fsp3) is 0.250. The number of hydrogen-bond donors (Lipinski definition) is 0. The first kappa shape index (κ1) is 15.3. The first-order chi connectivity index (χ1) is 10.2. The lowest BCUT2D eigenvalue weighted by Gasteiger charge is -2.02. The van der Waals surface area contributed by atoms with Crippen LogP contribution in [0.25, 0.3) is 0 Å². The molecule has 21 heavy (non-hydrogen) atoms. The van der Waals surface area contributed by atoms with Crippen molar-refractivity contribution in [1.82, 2.24) is 4.68 Å². The lowest BCUT2D eigenvalue weighted by atomic mass is 10.2. The van der Waals surface area contributed by atoms with Gasteiger partial charge >= 0.3 is 0 Å². The Hall–Kier alpha value is -2.14. The highest BCUT2D eigenvalue weighted by atomic mass is 32.1. The van der Waals surface area contributed by atoms with E-state index >= 15 is 0 Å². The van der Waals surface area contributed by atoms with Crippen molar-refractivity contribution in [3.8, 4) is 5.75 Å². The molecule has 0 atom stereocenters. The lowest BCUT2D eigenvalue weighted by molar-refractivity contribution is 0.340. The number of benzene rings is 1. The molecule has 0 fully saturated rings. The molecule has 0 aliphatic carbocycles. The van der Waals surface area contributed by atoms with Crippen LogP contribution in [0.1, 0.15) is 18.2 Å². The van der Waals surface area contributed by atoms with Crippen LogP contribution in [0.5, 0.6) is 5.75 Å². The highest BCUT2D eigenvalue weighted by Gasteiger charge is 1.98. The molecule has 0 bridgehead atoms. The first-order valence-electron chi connectivity index (χ1n) is 6.80. The van der Waals surface area contributed by atoms with Gasteiger partial charge in [-0.25, -0.2) is 4.68 Å². The maximum absolute atomic E-state index is 5.42. The van der Waals surface area contributed by atoms with E-state index in [-0.39, 0.29) is 0 Å². The zero-order valence-corrected chi connectivity index (χ0v) is 13.1. The van der Waals surface area contributed by atoms with Gasteiger partial charge in [0.05, 0.1) is 25.1 Å². The Morgan fingerprint density at radius 1 is 1.33 bits per heavy atom. The summed E-state index contributed by atoms with van der Waals surface area (Å²) in [7, 11) is 0. The molecule has 0 unspecified atom stereocenters. The lowest BCUT2D eigenvalue weighted by Crippen LogP contribution is -2.12. The average molecular weight is 301 g/mol. The standard InChI is InChI=1S/C16H19N3OS/c1-4-10-17-16-19(13(3)12-21-16)18-11-14-6-8-15(9-7-14)20-5-2/h4,6-9,11-12H,1,5,10H2,2-3H3. The first-order valence-corrected chi connectivity index (χ1v) is 7.68. The minimum Gasteiger partial charge on any atom is -0.494 e. The van der Waals surface area contributed by atoms with Crippen LogP contribution < -0.4 is 9.54 Å². The Labute approximate surface area is 128 Å². The fourth-order valence-corrected chi connectivity index (χ4v) is 2.53. The number of aryl methyl sites for hydroxylation is 1. The minimum absolute atomic E-state index is 0.596. The molecule has 0 saturated heterocycles. The van der Waals surface area contributed by atoms with Gasteiger partial charge in [-0.15, -0.1) is 17.9 Å². The predicted octanol–water partition coefficient (Wildman–Crippen LogP) is 3.23. The van der Waals surface area contributed by atoms with Crippen molar-refractivity contribution in [2.75, 3.05) is 13.2 Å². The zero-order chi connectivity index (χ0) is 15.1. The average Bonchev–Trinajstić information content (AvgIpc) is 2.85. The van der Waals surface area contributed by atoms with Crippen LogP contribution in [0.15, 0.2) is 52.4 Å². The van der Waals surface area contributed by atoms with E-state index in [4.69, 9.17) is 4.74 Å². The summed E-state index contributed by atoms with van der Waals surface area (Å²) < 4.78 is 7.26. The molecule has 1 heterocycles. The molecule has 0 saturated carbocycles. The Kier molecular flexibility index (Phi) is 5.51. The third-order valence-electron chi connectivity index (χ3n) is 2.72. The van der Waals surface area contributed by atoms with Crippen molar-refractivity contribution in [3.63, 3.8) is 0 Å². The SMILES string of the molecule is C=CCN=c1scc(C)n1N=Cc1ccc(OCC)cc1. The van der Waals surface area contributed by atoms with Gasteiger partial charge in [-0.1, -0.05) is 6.08 Å². The summed E-state index contributed by atoms with van der Waals surface area (Å²) >= 11 is 1.58. The summed E-state index contributed by atoms with van der Waals surface area (Å²) in [5.41, 5.74) is 2.08. The van der Waals surface area contributed by atoms with E-state index in [1.807, 2.05) is 54.4 Å². The molecule has 0 aliphatic rings. The topological polar surface area (TPSA) is 38.9 Å². The molecular weight excluding hydrogens is 282 g/mol. The molecule has 4 nitrogen and oxygen atoms in total. The van der Waals surface area contributed by atoms with Crippen molar-refractivity contribution < 1.29 is 4.74 Å². The van der Waals surface area contributed by atoms with Gasteiger partial charge in [-0.3, -0.25) is 4.99 Å². The maximum Gasteiger partial charge on any atom is 0.206 e. The molecule has 5 heteroatoms. The summed E-state index contributed by atoms with van der Waals surface area (Å²) in [4.78, 5) is 5.30. The van der Waals surface area contributed by atoms with E-state index in [2.05, 4.69) is 16.7 Å². The van der Waals surface area contributed by atoms with Gasteiger partial charge in [0.15, 0.2) is 0 Å². The molecular formula is C16H19N3OS. The molecule has 0 amide bonds. The number of ether oxygens (including phenoxy) is 1. The normalized spacial score (nSPS) is 12.0. The fourth-order valence-electron chi connectivity index (χ4n) is 1.72.